The van der Waals surface area contributed by atoms with E-state index >= 15 is 0 Å². The summed E-state index contributed by atoms with van der Waals surface area (Å²) in [4.78, 5) is 17.1. The zero-order chi connectivity index (χ0) is 16.1. The predicted octanol–water partition coefficient (Wildman–Crippen LogP) is 3.95. The lowest BCUT2D eigenvalue weighted by atomic mass is 9.92. The Hall–Kier alpha value is -2.07. The molecule has 5 heteroatoms. The summed E-state index contributed by atoms with van der Waals surface area (Å²) in [5.41, 5.74) is 3.68. The van der Waals surface area contributed by atoms with Gasteiger partial charge in [0.15, 0.2) is 5.65 Å². The van der Waals surface area contributed by atoms with Gasteiger partial charge in [-0.3, -0.25) is 9.89 Å². The SMILES string of the molecule is Cc1[nH]n2c(=O)cc(C(C)(C)C)nc2c1-c1ccccc1Cl. The third-order valence-corrected chi connectivity index (χ3v) is 4.04. The van der Waals surface area contributed by atoms with E-state index in [4.69, 9.17) is 16.6 Å². The van der Waals surface area contributed by atoms with E-state index in [1.807, 2.05) is 52.0 Å². The van der Waals surface area contributed by atoms with E-state index in [9.17, 15) is 4.79 Å². The summed E-state index contributed by atoms with van der Waals surface area (Å²) in [7, 11) is 0. The summed E-state index contributed by atoms with van der Waals surface area (Å²) in [5.74, 6) is 0. The van der Waals surface area contributed by atoms with Crippen LogP contribution in [0.2, 0.25) is 5.02 Å². The zero-order valence-corrected chi connectivity index (χ0v) is 13.8. The number of nitrogens with one attached hydrogen (secondary N) is 1. The first-order valence-electron chi connectivity index (χ1n) is 7.17. The number of aromatic amines is 1. The van der Waals surface area contributed by atoms with Crippen LogP contribution >= 0.6 is 11.6 Å². The Labute approximate surface area is 133 Å². The Morgan fingerprint density at radius 2 is 1.91 bits per heavy atom. The van der Waals surface area contributed by atoms with Crippen molar-refractivity contribution in [3.05, 3.63) is 57.1 Å². The number of fused-ring (bicyclic) bond motifs is 1. The highest BCUT2D eigenvalue weighted by Gasteiger charge is 2.21. The van der Waals surface area contributed by atoms with Crippen molar-refractivity contribution in [1.29, 1.82) is 0 Å². The molecule has 114 valence electrons. The van der Waals surface area contributed by atoms with Crippen molar-refractivity contribution in [2.24, 2.45) is 0 Å². The molecule has 1 aromatic carbocycles. The van der Waals surface area contributed by atoms with Gasteiger partial charge in [-0.15, -0.1) is 0 Å². The van der Waals surface area contributed by atoms with E-state index in [1.165, 1.54) is 4.52 Å². The summed E-state index contributed by atoms with van der Waals surface area (Å²) < 4.78 is 1.48. The molecule has 22 heavy (non-hydrogen) atoms. The summed E-state index contributed by atoms with van der Waals surface area (Å²) in [6.07, 6.45) is 0. The van der Waals surface area contributed by atoms with Crippen LogP contribution in [-0.4, -0.2) is 14.6 Å². The first kappa shape index (κ1) is 14.9. The molecular formula is C17H18ClN3O. The Morgan fingerprint density at radius 3 is 2.55 bits per heavy atom. The van der Waals surface area contributed by atoms with Crippen LogP contribution in [-0.2, 0) is 5.41 Å². The van der Waals surface area contributed by atoms with E-state index < -0.39 is 0 Å². The van der Waals surface area contributed by atoms with Gasteiger partial charge < -0.3 is 0 Å². The molecule has 2 heterocycles. The van der Waals surface area contributed by atoms with Crippen LogP contribution in [0.5, 0.6) is 0 Å². The Balaban J connectivity index is 2.41. The molecule has 4 nitrogen and oxygen atoms in total. The van der Waals surface area contributed by atoms with E-state index in [0.29, 0.717) is 10.7 Å². The topological polar surface area (TPSA) is 50.2 Å². The maximum absolute atomic E-state index is 12.4. The van der Waals surface area contributed by atoms with Gasteiger partial charge in [-0.25, -0.2) is 9.50 Å². The van der Waals surface area contributed by atoms with Gasteiger partial charge in [-0.2, -0.15) is 0 Å². The van der Waals surface area contributed by atoms with Gasteiger partial charge in [0.2, 0.25) is 0 Å². The molecule has 2 aromatic heterocycles. The number of hydrogen-bond donors (Lipinski definition) is 1. The number of aromatic nitrogens is 3. The van der Waals surface area contributed by atoms with Crippen LogP contribution in [0.3, 0.4) is 0 Å². The highest BCUT2D eigenvalue weighted by Crippen LogP contribution is 2.33. The van der Waals surface area contributed by atoms with E-state index in [1.54, 1.807) is 6.07 Å². The summed E-state index contributed by atoms with van der Waals surface area (Å²) in [6.45, 7) is 8.05. The molecule has 0 spiro atoms. The molecule has 3 rings (SSSR count). The van der Waals surface area contributed by atoms with Gasteiger partial charge >= 0.3 is 0 Å². The molecule has 0 fully saturated rings. The molecule has 0 bridgehead atoms. The summed E-state index contributed by atoms with van der Waals surface area (Å²) in [6, 6.07) is 9.17. The van der Waals surface area contributed by atoms with Crippen LogP contribution in [0.4, 0.5) is 0 Å². The molecule has 0 saturated carbocycles. The van der Waals surface area contributed by atoms with Gasteiger partial charge in [0.25, 0.3) is 5.56 Å². The molecule has 0 amide bonds. The Bertz CT molecular complexity index is 916. The number of H-pyrrole nitrogens is 1. The summed E-state index contributed by atoms with van der Waals surface area (Å²) >= 11 is 6.33. The largest absolute Gasteiger partial charge is 0.293 e. The third kappa shape index (κ3) is 2.33. The fraction of sp³-hybridized carbons (Fsp3) is 0.294. The maximum Gasteiger partial charge on any atom is 0.272 e. The van der Waals surface area contributed by atoms with Crippen molar-refractivity contribution >= 4 is 17.2 Å². The second kappa shape index (κ2) is 4.99. The van der Waals surface area contributed by atoms with Gasteiger partial charge in [-0.05, 0) is 13.0 Å². The molecule has 0 aliphatic carbocycles. The Morgan fingerprint density at radius 1 is 1.23 bits per heavy atom. The number of benzene rings is 1. The number of rotatable bonds is 1. The molecule has 0 aliphatic heterocycles. The lowest BCUT2D eigenvalue weighted by Gasteiger charge is -2.17. The maximum atomic E-state index is 12.4. The molecule has 0 aliphatic rings. The lowest BCUT2D eigenvalue weighted by molar-refractivity contribution is 0.566. The highest BCUT2D eigenvalue weighted by molar-refractivity contribution is 6.33. The summed E-state index contributed by atoms with van der Waals surface area (Å²) in [5, 5.41) is 3.72. The normalized spacial score (nSPS) is 12.0. The average molecular weight is 316 g/mol. The first-order chi connectivity index (χ1) is 10.3. The lowest BCUT2D eigenvalue weighted by Crippen LogP contribution is -2.22. The predicted molar refractivity (Wildman–Crippen MR) is 89.7 cm³/mol. The second-order valence-corrected chi connectivity index (χ2v) is 6.89. The fourth-order valence-electron chi connectivity index (χ4n) is 2.52. The minimum absolute atomic E-state index is 0.115. The van der Waals surface area contributed by atoms with Crippen molar-refractivity contribution in [3.63, 3.8) is 0 Å². The smallest absolute Gasteiger partial charge is 0.272 e. The van der Waals surface area contributed by atoms with Crippen molar-refractivity contribution in [1.82, 2.24) is 14.6 Å². The van der Waals surface area contributed by atoms with Crippen LogP contribution in [0.1, 0.15) is 32.2 Å². The van der Waals surface area contributed by atoms with Crippen molar-refractivity contribution in [2.45, 2.75) is 33.1 Å². The standard InChI is InChI=1S/C17H18ClN3O/c1-10-15(11-7-5-6-8-12(11)18)16-19-13(17(2,3)4)9-14(22)21(16)20-10/h5-9,20H,1-4H3. The molecule has 1 N–H and O–H groups in total. The average Bonchev–Trinajstić information content (AvgIpc) is 2.75. The quantitative estimate of drug-likeness (QED) is 0.739. The van der Waals surface area contributed by atoms with Gasteiger partial charge in [0.05, 0.1) is 5.69 Å². The Kier molecular flexibility index (Phi) is 3.37. The van der Waals surface area contributed by atoms with Crippen molar-refractivity contribution < 1.29 is 0 Å². The van der Waals surface area contributed by atoms with Gasteiger partial charge in [0, 0.05) is 33.3 Å². The number of halogens is 1. The fourth-order valence-corrected chi connectivity index (χ4v) is 2.75. The van der Waals surface area contributed by atoms with Crippen molar-refractivity contribution in [3.8, 4) is 11.1 Å². The highest BCUT2D eigenvalue weighted by atomic mass is 35.5. The minimum atomic E-state index is -0.198. The van der Waals surface area contributed by atoms with Crippen LogP contribution in [0.25, 0.3) is 16.8 Å². The van der Waals surface area contributed by atoms with Crippen LogP contribution in [0, 0.1) is 6.92 Å². The molecule has 0 unspecified atom stereocenters. The van der Waals surface area contributed by atoms with Crippen LogP contribution < -0.4 is 5.56 Å². The monoisotopic (exact) mass is 315 g/mol. The molecule has 0 atom stereocenters. The molecule has 3 aromatic rings. The van der Waals surface area contributed by atoms with E-state index in [2.05, 4.69) is 5.10 Å². The molecular weight excluding hydrogens is 298 g/mol. The van der Waals surface area contributed by atoms with Crippen LogP contribution in [0.15, 0.2) is 35.1 Å². The van der Waals surface area contributed by atoms with E-state index in [-0.39, 0.29) is 11.0 Å². The number of hydrogen-bond acceptors (Lipinski definition) is 2. The first-order valence-corrected chi connectivity index (χ1v) is 7.54. The van der Waals surface area contributed by atoms with Gasteiger partial charge in [0.1, 0.15) is 0 Å². The minimum Gasteiger partial charge on any atom is -0.293 e. The molecule has 0 radical (unpaired) electrons. The third-order valence-electron chi connectivity index (χ3n) is 3.71. The zero-order valence-electron chi connectivity index (χ0n) is 13.1. The second-order valence-electron chi connectivity index (χ2n) is 6.48. The van der Waals surface area contributed by atoms with E-state index in [0.717, 1.165) is 22.5 Å². The van der Waals surface area contributed by atoms with Crippen molar-refractivity contribution in [2.75, 3.05) is 0 Å². The number of nitrogens with zero attached hydrogens (tertiary/aromatic N) is 2. The number of aryl methyl sites for hydroxylation is 1. The molecule has 0 saturated heterocycles. The van der Waals surface area contributed by atoms with Gasteiger partial charge in [-0.1, -0.05) is 50.6 Å².